The Hall–Kier alpha value is -1.99. The largest absolute Gasteiger partial charge is 0.370 e. The average molecular weight is 367 g/mol. The predicted octanol–water partition coefficient (Wildman–Crippen LogP) is 1.35. The van der Waals surface area contributed by atoms with E-state index >= 15 is 0 Å². The highest BCUT2D eigenvalue weighted by molar-refractivity contribution is 5.94. The number of carbonyl (C=O) groups is 1. The molecule has 4 fully saturated rings. The standard InChI is InChI=1S/C20H25N5O2/c26-19(14-4-6-25-18(7-14)22-12-23-25)21-8-15-16-10-24(9-13-1-2-13)11-20(16)5-3-17(15)27-20/h4,6-7,12-13,15-17H,1-3,5,8-11H2,(H,21,26)/t15-,16+,17+,20+/m0/s1. The summed E-state index contributed by atoms with van der Waals surface area (Å²) in [6.45, 7) is 4.17. The summed E-state index contributed by atoms with van der Waals surface area (Å²) in [5, 5.41) is 7.24. The summed E-state index contributed by atoms with van der Waals surface area (Å²) in [5.41, 5.74) is 1.39. The molecule has 2 bridgehead atoms. The summed E-state index contributed by atoms with van der Waals surface area (Å²) in [6.07, 6.45) is 8.71. The monoisotopic (exact) mass is 367 g/mol. The first kappa shape index (κ1) is 16.0. The summed E-state index contributed by atoms with van der Waals surface area (Å²) >= 11 is 0. The summed E-state index contributed by atoms with van der Waals surface area (Å²) in [4.78, 5) is 19.4. The van der Waals surface area contributed by atoms with E-state index in [1.54, 1.807) is 22.8 Å². The van der Waals surface area contributed by atoms with Gasteiger partial charge in [-0.3, -0.25) is 9.69 Å². The molecule has 3 saturated heterocycles. The van der Waals surface area contributed by atoms with Crippen LogP contribution >= 0.6 is 0 Å². The van der Waals surface area contributed by atoms with Crippen LogP contribution in [0.5, 0.6) is 0 Å². The number of nitrogens with one attached hydrogen (secondary N) is 1. The van der Waals surface area contributed by atoms with Gasteiger partial charge >= 0.3 is 0 Å². The fraction of sp³-hybridized carbons (Fsp3) is 0.650. The first-order valence-electron chi connectivity index (χ1n) is 10.2. The molecule has 0 radical (unpaired) electrons. The lowest BCUT2D eigenvalue weighted by Gasteiger charge is -2.29. The van der Waals surface area contributed by atoms with Crippen LogP contribution in [0.25, 0.3) is 5.65 Å². The van der Waals surface area contributed by atoms with Crippen molar-refractivity contribution >= 4 is 11.6 Å². The van der Waals surface area contributed by atoms with Crippen LogP contribution in [0.4, 0.5) is 0 Å². The third-order valence-corrected chi connectivity index (χ3v) is 7.11. The van der Waals surface area contributed by atoms with E-state index in [1.165, 1.54) is 32.1 Å². The van der Waals surface area contributed by atoms with Gasteiger partial charge in [-0.1, -0.05) is 0 Å². The van der Waals surface area contributed by atoms with Gasteiger partial charge in [0.25, 0.3) is 5.91 Å². The van der Waals surface area contributed by atoms with Crippen LogP contribution in [0.2, 0.25) is 0 Å². The molecular formula is C20H25N5O2. The molecule has 1 N–H and O–H groups in total. The zero-order valence-electron chi connectivity index (χ0n) is 15.4. The van der Waals surface area contributed by atoms with E-state index in [4.69, 9.17) is 4.74 Å². The number of rotatable bonds is 5. The molecule has 7 nitrogen and oxygen atoms in total. The molecule has 1 saturated carbocycles. The maximum absolute atomic E-state index is 12.7. The summed E-state index contributed by atoms with van der Waals surface area (Å²) in [5.74, 6) is 1.88. The zero-order chi connectivity index (χ0) is 18.0. The van der Waals surface area contributed by atoms with Crippen molar-refractivity contribution in [2.45, 2.75) is 37.4 Å². The molecule has 4 aliphatic rings. The van der Waals surface area contributed by atoms with Crippen molar-refractivity contribution in [1.82, 2.24) is 24.8 Å². The number of likely N-dealkylation sites (tertiary alicyclic amines) is 1. The van der Waals surface area contributed by atoms with Crippen molar-refractivity contribution in [2.24, 2.45) is 17.8 Å². The quantitative estimate of drug-likeness (QED) is 0.864. The van der Waals surface area contributed by atoms with E-state index < -0.39 is 0 Å². The molecule has 1 aliphatic carbocycles. The molecule has 2 aromatic rings. The van der Waals surface area contributed by atoms with Gasteiger partial charge in [-0.15, -0.1) is 0 Å². The maximum atomic E-state index is 12.7. The highest BCUT2D eigenvalue weighted by Gasteiger charge is 2.62. The highest BCUT2D eigenvalue weighted by atomic mass is 16.5. The van der Waals surface area contributed by atoms with Crippen molar-refractivity contribution in [3.63, 3.8) is 0 Å². The predicted molar refractivity (Wildman–Crippen MR) is 98.3 cm³/mol. The molecule has 2 aromatic heterocycles. The van der Waals surface area contributed by atoms with E-state index in [0.29, 0.717) is 35.7 Å². The number of aromatic nitrogens is 3. The molecule has 0 unspecified atom stereocenters. The van der Waals surface area contributed by atoms with Crippen molar-refractivity contribution in [1.29, 1.82) is 0 Å². The summed E-state index contributed by atoms with van der Waals surface area (Å²) in [7, 11) is 0. The lowest BCUT2D eigenvalue weighted by Crippen LogP contribution is -2.41. The third kappa shape index (κ3) is 2.59. The van der Waals surface area contributed by atoms with E-state index in [2.05, 4.69) is 20.3 Å². The second-order valence-electron chi connectivity index (χ2n) is 8.86. The van der Waals surface area contributed by atoms with Gasteiger partial charge in [0.05, 0.1) is 11.7 Å². The molecule has 3 aliphatic heterocycles. The third-order valence-electron chi connectivity index (χ3n) is 7.11. The molecule has 1 amide bonds. The van der Waals surface area contributed by atoms with Crippen LogP contribution in [0.1, 0.15) is 36.0 Å². The first-order valence-corrected chi connectivity index (χ1v) is 10.2. The SMILES string of the molecule is O=C(NC[C@H]1[C@H]2CN(CC3CC3)C[C@]23CC[C@H]1O3)c1ccn2ncnc2c1. The van der Waals surface area contributed by atoms with Gasteiger partial charge in [-0.2, -0.15) is 5.10 Å². The number of pyridine rings is 1. The number of hydrogen-bond donors (Lipinski definition) is 1. The molecule has 1 spiro atoms. The number of fused-ring (bicyclic) bond motifs is 2. The maximum Gasteiger partial charge on any atom is 0.251 e. The smallest absolute Gasteiger partial charge is 0.251 e. The Morgan fingerprint density at radius 1 is 1.37 bits per heavy atom. The van der Waals surface area contributed by atoms with Crippen LogP contribution in [-0.4, -0.2) is 63.3 Å². The lowest BCUT2D eigenvalue weighted by molar-refractivity contribution is 0.00244. The Labute approximate surface area is 158 Å². The van der Waals surface area contributed by atoms with Gasteiger partial charge in [0, 0.05) is 49.8 Å². The van der Waals surface area contributed by atoms with Gasteiger partial charge < -0.3 is 10.1 Å². The van der Waals surface area contributed by atoms with Gasteiger partial charge in [0.2, 0.25) is 0 Å². The summed E-state index contributed by atoms with van der Waals surface area (Å²) in [6, 6.07) is 3.58. The number of amides is 1. The van der Waals surface area contributed by atoms with Crippen LogP contribution in [0.3, 0.4) is 0 Å². The van der Waals surface area contributed by atoms with Crippen LogP contribution < -0.4 is 5.32 Å². The van der Waals surface area contributed by atoms with Crippen LogP contribution in [0.15, 0.2) is 24.7 Å². The fourth-order valence-corrected chi connectivity index (χ4v) is 5.63. The fourth-order valence-electron chi connectivity index (χ4n) is 5.63. The minimum atomic E-state index is -0.0369. The Bertz CT molecular complexity index is 893. The van der Waals surface area contributed by atoms with Gasteiger partial charge in [0.1, 0.15) is 6.33 Å². The Kier molecular flexibility index (Phi) is 3.41. The second-order valence-corrected chi connectivity index (χ2v) is 8.86. The van der Waals surface area contributed by atoms with E-state index in [9.17, 15) is 4.79 Å². The second kappa shape index (κ2) is 5.75. The molecule has 6 rings (SSSR count). The van der Waals surface area contributed by atoms with E-state index in [1.807, 2.05) is 0 Å². The number of carbonyl (C=O) groups excluding carboxylic acids is 1. The van der Waals surface area contributed by atoms with Crippen molar-refractivity contribution < 1.29 is 9.53 Å². The van der Waals surface area contributed by atoms with E-state index in [0.717, 1.165) is 25.4 Å². The molecule has 142 valence electrons. The van der Waals surface area contributed by atoms with Crippen LogP contribution in [0, 0.1) is 17.8 Å². The van der Waals surface area contributed by atoms with Gasteiger partial charge in [-0.05, 0) is 43.7 Å². The topological polar surface area (TPSA) is 71.8 Å². The Morgan fingerprint density at radius 2 is 2.30 bits per heavy atom. The minimum absolute atomic E-state index is 0.0369. The lowest BCUT2D eigenvalue weighted by atomic mass is 9.73. The van der Waals surface area contributed by atoms with Gasteiger partial charge in [0.15, 0.2) is 5.65 Å². The first-order chi connectivity index (χ1) is 13.2. The van der Waals surface area contributed by atoms with Crippen molar-refractivity contribution in [2.75, 3.05) is 26.2 Å². The Morgan fingerprint density at radius 3 is 3.19 bits per heavy atom. The van der Waals surface area contributed by atoms with E-state index in [-0.39, 0.29) is 11.5 Å². The van der Waals surface area contributed by atoms with Crippen molar-refractivity contribution in [3.8, 4) is 0 Å². The molecular weight excluding hydrogens is 342 g/mol. The van der Waals surface area contributed by atoms with Crippen LogP contribution in [-0.2, 0) is 4.74 Å². The molecule has 7 heteroatoms. The molecule has 0 aromatic carbocycles. The zero-order valence-corrected chi connectivity index (χ0v) is 15.4. The van der Waals surface area contributed by atoms with Gasteiger partial charge in [-0.25, -0.2) is 9.50 Å². The average Bonchev–Trinajstić information content (AvgIpc) is 3.02. The number of hydrogen-bond acceptors (Lipinski definition) is 5. The molecule has 4 atom stereocenters. The number of nitrogens with zero attached hydrogens (tertiary/aromatic N) is 4. The normalized spacial score (nSPS) is 35.0. The molecule has 27 heavy (non-hydrogen) atoms. The van der Waals surface area contributed by atoms with Crippen molar-refractivity contribution in [3.05, 3.63) is 30.2 Å². The Balaban J connectivity index is 1.14. The summed E-state index contributed by atoms with van der Waals surface area (Å²) < 4.78 is 8.16. The molecule has 5 heterocycles. The highest BCUT2D eigenvalue weighted by Crippen LogP contribution is 2.55. The number of ether oxygens (including phenoxy) is 1. The minimum Gasteiger partial charge on any atom is -0.370 e.